The number of benzene rings is 2. The zero-order chi connectivity index (χ0) is 14.1. The predicted molar refractivity (Wildman–Crippen MR) is 79.2 cm³/mol. The molecule has 0 aliphatic carbocycles. The number of hydrogen-bond acceptors (Lipinski definition) is 3. The van der Waals surface area contributed by atoms with Gasteiger partial charge in [0.05, 0.1) is 6.61 Å². The number of fused-ring (bicyclic) bond motifs is 1. The highest BCUT2D eigenvalue weighted by molar-refractivity contribution is 6.05. The molecule has 0 radical (unpaired) electrons. The Balaban J connectivity index is 1.86. The molecule has 1 heterocycles. The smallest absolute Gasteiger partial charge is 0.258 e. The maximum atomic E-state index is 12.4. The molecular weight excluding hydrogens is 252 g/mol. The molecule has 3 rings (SSSR count). The zero-order valence-corrected chi connectivity index (χ0v) is 11.3. The first kappa shape index (κ1) is 12.5. The molecule has 2 aromatic rings. The second-order valence-corrected chi connectivity index (χ2v) is 4.88. The lowest BCUT2D eigenvalue weighted by atomic mass is 10.1. The zero-order valence-electron chi connectivity index (χ0n) is 11.3. The summed E-state index contributed by atoms with van der Waals surface area (Å²) >= 11 is 0. The third-order valence-electron chi connectivity index (χ3n) is 3.52. The molecule has 1 amide bonds. The van der Waals surface area contributed by atoms with Gasteiger partial charge in [0.1, 0.15) is 5.75 Å². The van der Waals surface area contributed by atoms with E-state index in [0.29, 0.717) is 17.9 Å². The molecule has 0 spiro atoms. The van der Waals surface area contributed by atoms with Crippen LogP contribution in [0.4, 0.5) is 11.4 Å². The molecule has 0 fully saturated rings. The van der Waals surface area contributed by atoms with Crippen LogP contribution in [0.2, 0.25) is 0 Å². The van der Waals surface area contributed by atoms with Gasteiger partial charge in [0, 0.05) is 30.4 Å². The average Bonchev–Trinajstić information content (AvgIpc) is 2.94. The number of nitrogens with two attached hydrogens (primary N) is 1. The molecule has 4 nitrogen and oxygen atoms in total. The van der Waals surface area contributed by atoms with Gasteiger partial charge in [-0.1, -0.05) is 0 Å². The molecule has 0 bridgehead atoms. The van der Waals surface area contributed by atoms with E-state index in [-0.39, 0.29) is 5.91 Å². The Bertz CT molecular complexity index is 650. The van der Waals surface area contributed by atoms with Crippen molar-refractivity contribution in [1.29, 1.82) is 0 Å². The first-order valence-corrected chi connectivity index (χ1v) is 6.54. The van der Waals surface area contributed by atoms with Crippen LogP contribution in [0.3, 0.4) is 0 Å². The fourth-order valence-electron chi connectivity index (χ4n) is 2.32. The van der Waals surface area contributed by atoms with Gasteiger partial charge in [-0.3, -0.25) is 4.79 Å². The maximum Gasteiger partial charge on any atom is 0.258 e. The van der Waals surface area contributed by atoms with E-state index in [4.69, 9.17) is 10.5 Å². The SMILES string of the molecule is CN(C(=O)c1ccc(N)cc1)c1ccc2c(c1)CCO2. The molecular formula is C16H16N2O2. The summed E-state index contributed by atoms with van der Waals surface area (Å²) in [7, 11) is 1.77. The Kier molecular flexibility index (Phi) is 3.06. The van der Waals surface area contributed by atoms with Crippen molar-refractivity contribution in [3.63, 3.8) is 0 Å². The van der Waals surface area contributed by atoms with Gasteiger partial charge < -0.3 is 15.4 Å². The molecule has 0 unspecified atom stereocenters. The second-order valence-electron chi connectivity index (χ2n) is 4.88. The van der Waals surface area contributed by atoms with Crippen LogP contribution in [0.1, 0.15) is 15.9 Å². The predicted octanol–water partition coefficient (Wildman–Crippen LogP) is 2.48. The number of rotatable bonds is 2. The molecule has 1 aliphatic rings. The summed E-state index contributed by atoms with van der Waals surface area (Å²) in [4.78, 5) is 14.1. The van der Waals surface area contributed by atoms with Crippen LogP contribution < -0.4 is 15.4 Å². The number of nitrogens with zero attached hydrogens (tertiary/aromatic N) is 1. The molecule has 2 N–H and O–H groups in total. The standard InChI is InChI=1S/C16H16N2O2/c1-18(16(19)11-2-4-13(17)5-3-11)14-6-7-15-12(10-14)8-9-20-15/h2-7,10H,8-9,17H2,1H3. The molecule has 1 aliphatic heterocycles. The number of anilines is 2. The van der Waals surface area contributed by atoms with E-state index >= 15 is 0 Å². The minimum absolute atomic E-state index is 0.0520. The van der Waals surface area contributed by atoms with E-state index in [2.05, 4.69) is 0 Å². The summed E-state index contributed by atoms with van der Waals surface area (Å²) in [5, 5.41) is 0. The monoisotopic (exact) mass is 268 g/mol. The Hall–Kier alpha value is -2.49. The highest BCUT2D eigenvalue weighted by Gasteiger charge is 2.17. The van der Waals surface area contributed by atoms with Crippen molar-refractivity contribution in [2.75, 3.05) is 24.3 Å². The molecule has 4 heteroatoms. The molecule has 0 saturated carbocycles. The maximum absolute atomic E-state index is 12.4. The van der Waals surface area contributed by atoms with Crippen molar-refractivity contribution in [3.8, 4) is 5.75 Å². The van der Waals surface area contributed by atoms with Crippen LogP contribution in [0.15, 0.2) is 42.5 Å². The quantitative estimate of drug-likeness (QED) is 0.851. The van der Waals surface area contributed by atoms with Crippen molar-refractivity contribution < 1.29 is 9.53 Å². The number of nitrogen functional groups attached to an aromatic ring is 1. The van der Waals surface area contributed by atoms with E-state index in [1.807, 2.05) is 18.2 Å². The average molecular weight is 268 g/mol. The van der Waals surface area contributed by atoms with Gasteiger partial charge in [0.15, 0.2) is 0 Å². The first-order chi connectivity index (χ1) is 9.65. The summed E-state index contributed by atoms with van der Waals surface area (Å²) in [5.74, 6) is 0.867. The van der Waals surface area contributed by atoms with Crippen LogP contribution in [0.5, 0.6) is 5.75 Å². The number of hydrogen-bond donors (Lipinski definition) is 1. The number of ether oxygens (including phenoxy) is 1. The van der Waals surface area contributed by atoms with Gasteiger partial charge in [-0.15, -0.1) is 0 Å². The summed E-state index contributed by atoms with van der Waals surface area (Å²) in [6, 6.07) is 12.8. The Morgan fingerprint density at radius 3 is 2.70 bits per heavy atom. The first-order valence-electron chi connectivity index (χ1n) is 6.54. The van der Waals surface area contributed by atoms with E-state index in [0.717, 1.165) is 23.4 Å². The number of carbonyl (C=O) groups excluding carboxylic acids is 1. The van der Waals surface area contributed by atoms with Crippen LogP contribution in [0.25, 0.3) is 0 Å². The van der Waals surface area contributed by atoms with Crippen molar-refractivity contribution in [2.45, 2.75) is 6.42 Å². The number of amides is 1. The number of carbonyl (C=O) groups is 1. The van der Waals surface area contributed by atoms with Gasteiger partial charge in [-0.2, -0.15) is 0 Å². The molecule has 0 aromatic heterocycles. The van der Waals surface area contributed by atoms with Gasteiger partial charge in [-0.05, 0) is 48.0 Å². The Morgan fingerprint density at radius 1 is 1.20 bits per heavy atom. The van der Waals surface area contributed by atoms with Crippen molar-refractivity contribution >= 4 is 17.3 Å². The summed E-state index contributed by atoms with van der Waals surface area (Å²) in [6.07, 6.45) is 0.896. The summed E-state index contributed by atoms with van der Waals surface area (Å²) < 4.78 is 5.47. The highest BCUT2D eigenvalue weighted by atomic mass is 16.5. The van der Waals surface area contributed by atoms with Gasteiger partial charge in [0.2, 0.25) is 0 Å². The van der Waals surface area contributed by atoms with Crippen LogP contribution in [0, 0.1) is 0 Å². The lowest BCUT2D eigenvalue weighted by molar-refractivity contribution is 0.0993. The van der Waals surface area contributed by atoms with Gasteiger partial charge >= 0.3 is 0 Å². The fraction of sp³-hybridized carbons (Fsp3) is 0.188. The van der Waals surface area contributed by atoms with E-state index in [1.54, 1.807) is 36.2 Å². The third kappa shape index (κ3) is 2.20. The van der Waals surface area contributed by atoms with Crippen molar-refractivity contribution in [1.82, 2.24) is 0 Å². The molecule has 0 saturated heterocycles. The Morgan fingerprint density at radius 2 is 1.95 bits per heavy atom. The molecule has 2 aromatic carbocycles. The summed E-state index contributed by atoms with van der Waals surface area (Å²) in [6.45, 7) is 0.717. The van der Waals surface area contributed by atoms with Crippen molar-refractivity contribution in [3.05, 3.63) is 53.6 Å². The van der Waals surface area contributed by atoms with Gasteiger partial charge in [-0.25, -0.2) is 0 Å². The van der Waals surface area contributed by atoms with Crippen molar-refractivity contribution in [2.24, 2.45) is 0 Å². The van der Waals surface area contributed by atoms with Crippen LogP contribution >= 0.6 is 0 Å². The topological polar surface area (TPSA) is 55.6 Å². The van der Waals surface area contributed by atoms with E-state index in [1.165, 1.54) is 0 Å². The largest absolute Gasteiger partial charge is 0.493 e. The lowest BCUT2D eigenvalue weighted by Crippen LogP contribution is -2.26. The second kappa shape index (κ2) is 4.89. The van der Waals surface area contributed by atoms with Crippen LogP contribution in [-0.4, -0.2) is 19.6 Å². The highest BCUT2D eigenvalue weighted by Crippen LogP contribution is 2.29. The fourth-order valence-corrected chi connectivity index (χ4v) is 2.32. The summed E-state index contributed by atoms with van der Waals surface area (Å²) in [5.41, 5.74) is 8.94. The van der Waals surface area contributed by atoms with E-state index in [9.17, 15) is 4.79 Å². The molecule has 102 valence electrons. The van der Waals surface area contributed by atoms with E-state index < -0.39 is 0 Å². The minimum Gasteiger partial charge on any atom is -0.493 e. The third-order valence-corrected chi connectivity index (χ3v) is 3.52. The Labute approximate surface area is 117 Å². The normalized spacial score (nSPS) is 12.7. The molecule has 0 atom stereocenters. The van der Waals surface area contributed by atoms with Crippen LogP contribution in [-0.2, 0) is 6.42 Å². The molecule has 20 heavy (non-hydrogen) atoms. The lowest BCUT2D eigenvalue weighted by Gasteiger charge is -2.18. The van der Waals surface area contributed by atoms with Gasteiger partial charge in [0.25, 0.3) is 5.91 Å². The minimum atomic E-state index is -0.0520.